The highest BCUT2D eigenvalue weighted by Crippen LogP contribution is 2.52. The lowest BCUT2D eigenvalue weighted by Crippen LogP contribution is -2.14. The fourth-order valence-electron chi connectivity index (χ4n) is 10.1. The van der Waals surface area contributed by atoms with Gasteiger partial charge in [0.2, 0.25) is 0 Å². The molecule has 0 saturated carbocycles. The van der Waals surface area contributed by atoms with E-state index in [-0.39, 0.29) is 5.41 Å². The van der Waals surface area contributed by atoms with Crippen molar-refractivity contribution in [3.8, 4) is 44.5 Å². The molecule has 300 valence electrons. The second-order valence-corrected chi connectivity index (χ2v) is 17.2. The quantitative estimate of drug-likeness (QED) is 0.0706. The number of hydrogen-bond acceptors (Lipinski definition) is 1. The van der Waals surface area contributed by atoms with Crippen molar-refractivity contribution >= 4 is 43.9 Å². The molecule has 11 rings (SSSR count). The Hall–Kier alpha value is -7.81. The summed E-state index contributed by atoms with van der Waals surface area (Å²) in [6.45, 7) is 4.68. The number of rotatable bonds is 8. The van der Waals surface area contributed by atoms with Gasteiger partial charge in [-0.25, -0.2) is 4.99 Å². The van der Waals surface area contributed by atoms with Crippen LogP contribution in [0.15, 0.2) is 223 Å². The maximum Gasteiger partial charge on any atom is 0.131 e. The number of amidine groups is 1. The fourth-order valence-corrected chi connectivity index (χ4v) is 10.1. The van der Waals surface area contributed by atoms with Crippen molar-refractivity contribution in [1.29, 1.82) is 0 Å². The molecule has 10 aromatic carbocycles. The highest BCUT2D eigenvalue weighted by Gasteiger charge is 2.36. The van der Waals surface area contributed by atoms with Gasteiger partial charge in [0.15, 0.2) is 0 Å². The van der Waals surface area contributed by atoms with Crippen molar-refractivity contribution in [1.82, 2.24) is 0 Å². The zero-order chi connectivity index (χ0) is 42.5. The van der Waals surface area contributed by atoms with E-state index in [1.165, 1.54) is 88.0 Å². The smallest absolute Gasteiger partial charge is 0.131 e. The lowest BCUT2D eigenvalue weighted by Gasteiger charge is -2.21. The van der Waals surface area contributed by atoms with Crippen LogP contribution in [0, 0.1) is 0 Å². The predicted molar refractivity (Wildman–Crippen MR) is 268 cm³/mol. The second-order valence-electron chi connectivity index (χ2n) is 17.2. The standard InChI is InChI=1S/C61H46N2/c1-61(2)53-29-14-13-27-51(53)58-48(28-16-30-54(58)61)46-23-15-17-40(39-46)31-38-55(63-60(62)45-21-7-4-8-22-45)42-32-34-44(35-33-42)57-50-26-12-11-25-49(50)56(43-19-5-3-6-20-43)52-37-36-41-18-9-10-24-47(41)59(52)57/h3-30,32-39H,31H2,1-2H3,(H2,62,63)/b55-38-. The van der Waals surface area contributed by atoms with Crippen LogP contribution < -0.4 is 5.73 Å². The van der Waals surface area contributed by atoms with Gasteiger partial charge in [0.1, 0.15) is 5.84 Å². The minimum Gasteiger partial charge on any atom is -0.383 e. The molecule has 63 heavy (non-hydrogen) atoms. The molecular formula is C61H46N2. The van der Waals surface area contributed by atoms with E-state index >= 15 is 0 Å². The monoisotopic (exact) mass is 806 g/mol. The van der Waals surface area contributed by atoms with Crippen LogP contribution in [0.2, 0.25) is 0 Å². The average molecular weight is 807 g/mol. The molecule has 0 atom stereocenters. The molecule has 0 aromatic heterocycles. The first-order valence-corrected chi connectivity index (χ1v) is 21.9. The number of hydrogen-bond donors (Lipinski definition) is 1. The zero-order valence-corrected chi connectivity index (χ0v) is 35.5. The summed E-state index contributed by atoms with van der Waals surface area (Å²) in [6.07, 6.45) is 2.92. The van der Waals surface area contributed by atoms with Crippen molar-refractivity contribution in [2.24, 2.45) is 10.7 Å². The van der Waals surface area contributed by atoms with Gasteiger partial charge in [-0.3, -0.25) is 0 Å². The largest absolute Gasteiger partial charge is 0.383 e. The van der Waals surface area contributed by atoms with E-state index in [1.807, 2.05) is 30.3 Å². The normalized spacial score (nSPS) is 13.4. The van der Waals surface area contributed by atoms with Crippen LogP contribution in [0.3, 0.4) is 0 Å². The number of nitrogens with zero attached hydrogens (tertiary/aromatic N) is 1. The van der Waals surface area contributed by atoms with Gasteiger partial charge in [0.25, 0.3) is 0 Å². The Morgan fingerprint density at radius 1 is 0.460 bits per heavy atom. The van der Waals surface area contributed by atoms with Crippen molar-refractivity contribution < 1.29 is 0 Å². The molecule has 2 N–H and O–H groups in total. The number of aliphatic imine (C=N–C) groups is 1. The molecule has 1 aliphatic rings. The van der Waals surface area contributed by atoms with Crippen LogP contribution in [0.5, 0.6) is 0 Å². The van der Waals surface area contributed by atoms with Gasteiger partial charge < -0.3 is 5.73 Å². The second kappa shape index (κ2) is 15.6. The lowest BCUT2D eigenvalue weighted by atomic mass is 9.82. The Labute approximate surface area is 369 Å². The molecule has 1 aliphatic carbocycles. The minimum atomic E-state index is -0.0526. The zero-order valence-electron chi connectivity index (χ0n) is 35.5. The summed E-state index contributed by atoms with van der Waals surface area (Å²) in [5, 5.41) is 7.44. The van der Waals surface area contributed by atoms with Crippen molar-refractivity contribution in [2.45, 2.75) is 25.7 Å². The Balaban J connectivity index is 1.03. The Morgan fingerprint density at radius 3 is 1.86 bits per heavy atom. The maximum atomic E-state index is 6.78. The first-order chi connectivity index (χ1) is 30.9. The molecule has 0 spiro atoms. The van der Waals surface area contributed by atoms with E-state index in [1.54, 1.807) is 0 Å². The molecule has 0 fully saturated rings. The van der Waals surface area contributed by atoms with E-state index in [0.29, 0.717) is 12.3 Å². The number of allylic oxidation sites excluding steroid dienone is 1. The molecule has 0 saturated heterocycles. The van der Waals surface area contributed by atoms with E-state index in [4.69, 9.17) is 10.7 Å². The van der Waals surface area contributed by atoms with Gasteiger partial charge in [0.05, 0.1) is 5.70 Å². The maximum absolute atomic E-state index is 6.78. The molecule has 10 aromatic rings. The number of fused-ring (bicyclic) bond motifs is 7. The molecule has 0 heterocycles. The SMILES string of the molecule is CC1(C)c2ccccc2-c2c(-c3cccc(C/C=C(\N=C(N)c4ccccc4)c4ccc(-c5c6ccccc6c(-c6ccccc6)c6ccc7ccccc7c56)cc4)c3)cccc21. The van der Waals surface area contributed by atoms with Crippen molar-refractivity contribution in [3.05, 3.63) is 246 Å². The van der Waals surface area contributed by atoms with Gasteiger partial charge in [-0.15, -0.1) is 0 Å². The van der Waals surface area contributed by atoms with Gasteiger partial charge in [-0.2, -0.15) is 0 Å². The van der Waals surface area contributed by atoms with E-state index in [2.05, 4.69) is 202 Å². The van der Waals surface area contributed by atoms with Crippen LogP contribution in [0.1, 0.15) is 41.7 Å². The van der Waals surface area contributed by atoms with Gasteiger partial charge in [-0.05, 0) is 105 Å². The van der Waals surface area contributed by atoms with E-state index < -0.39 is 0 Å². The topological polar surface area (TPSA) is 38.4 Å². The molecule has 0 bridgehead atoms. The molecule has 2 nitrogen and oxygen atoms in total. The lowest BCUT2D eigenvalue weighted by molar-refractivity contribution is 0.660. The Kier molecular flexibility index (Phi) is 9.43. The molecule has 0 radical (unpaired) electrons. The third-order valence-corrected chi connectivity index (χ3v) is 13.1. The Bertz CT molecular complexity index is 3430. The van der Waals surface area contributed by atoms with Crippen LogP contribution >= 0.6 is 0 Å². The van der Waals surface area contributed by atoms with E-state index in [9.17, 15) is 0 Å². The summed E-state index contributed by atoms with van der Waals surface area (Å²) in [4.78, 5) is 5.14. The molecule has 0 aliphatic heterocycles. The first kappa shape index (κ1) is 38.1. The van der Waals surface area contributed by atoms with Crippen molar-refractivity contribution in [3.63, 3.8) is 0 Å². The summed E-state index contributed by atoms with van der Waals surface area (Å²) < 4.78 is 0. The van der Waals surface area contributed by atoms with Crippen LogP contribution in [0.4, 0.5) is 0 Å². The highest BCUT2D eigenvalue weighted by molar-refractivity contribution is 6.28. The summed E-state index contributed by atoms with van der Waals surface area (Å²) in [6, 6.07) is 76.6. The summed E-state index contributed by atoms with van der Waals surface area (Å²) in [5.74, 6) is 0.487. The Morgan fingerprint density at radius 2 is 1.06 bits per heavy atom. The summed E-state index contributed by atoms with van der Waals surface area (Å²) in [5.41, 5.74) is 23.5. The van der Waals surface area contributed by atoms with Crippen LogP contribution in [-0.2, 0) is 11.8 Å². The predicted octanol–water partition coefficient (Wildman–Crippen LogP) is 15.4. The first-order valence-electron chi connectivity index (χ1n) is 21.9. The third kappa shape index (κ3) is 6.63. The average Bonchev–Trinajstić information content (AvgIpc) is 3.58. The molecule has 2 heteroatoms. The van der Waals surface area contributed by atoms with Crippen molar-refractivity contribution in [2.75, 3.05) is 0 Å². The van der Waals surface area contributed by atoms with E-state index in [0.717, 1.165) is 22.4 Å². The highest BCUT2D eigenvalue weighted by atomic mass is 14.9. The number of benzene rings is 10. The minimum absolute atomic E-state index is 0.0526. The molecule has 0 amide bonds. The molecular weight excluding hydrogens is 761 g/mol. The van der Waals surface area contributed by atoms with Gasteiger partial charge >= 0.3 is 0 Å². The van der Waals surface area contributed by atoms with Gasteiger partial charge in [0, 0.05) is 11.0 Å². The third-order valence-electron chi connectivity index (χ3n) is 13.1. The molecule has 0 unspecified atom stereocenters. The summed E-state index contributed by atoms with van der Waals surface area (Å²) >= 11 is 0. The van der Waals surface area contributed by atoms with Crippen LogP contribution in [-0.4, -0.2) is 5.84 Å². The summed E-state index contributed by atoms with van der Waals surface area (Å²) in [7, 11) is 0. The van der Waals surface area contributed by atoms with Gasteiger partial charge in [-0.1, -0.05) is 232 Å². The fraction of sp³-hybridized carbons (Fsp3) is 0.0656. The number of nitrogens with two attached hydrogens (primary N) is 1. The van der Waals surface area contributed by atoms with Crippen LogP contribution in [0.25, 0.3) is 82.5 Å².